The predicted molar refractivity (Wildman–Crippen MR) is 63.7 cm³/mol. The van der Waals surface area contributed by atoms with E-state index in [1.165, 1.54) is 12.8 Å². The highest BCUT2D eigenvalue weighted by Crippen LogP contribution is 2.36. The lowest BCUT2D eigenvalue weighted by Crippen LogP contribution is -2.08. The fraction of sp³-hybridized carbons (Fsp3) is 0.727. The Morgan fingerprint density at radius 3 is 3.18 bits per heavy atom. The average Bonchev–Trinajstić information content (AvgIpc) is 2.79. The van der Waals surface area contributed by atoms with Crippen molar-refractivity contribution in [3.05, 3.63) is 11.7 Å². The first-order valence-electron chi connectivity index (χ1n) is 5.89. The maximum atomic E-state index is 11.2. The van der Waals surface area contributed by atoms with Gasteiger partial charge in [-0.1, -0.05) is 11.6 Å². The Morgan fingerprint density at radius 2 is 2.47 bits per heavy atom. The number of thioether (sulfide) groups is 1. The number of carbonyl (C=O) groups is 1. The van der Waals surface area contributed by atoms with E-state index >= 15 is 0 Å². The van der Waals surface area contributed by atoms with Crippen LogP contribution in [0.2, 0.25) is 0 Å². The Morgan fingerprint density at radius 1 is 1.59 bits per heavy atom. The van der Waals surface area contributed by atoms with Gasteiger partial charge in [-0.25, -0.2) is 0 Å². The zero-order valence-electron chi connectivity index (χ0n) is 9.85. The molecule has 1 saturated heterocycles. The summed E-state index contributed by atoms with van der Waals surface area (Å²) in [5, 5.41) is 4.26. The number of nitrogens with zero attached hydrogens (tertiary/aromatic N) is 2. The van der Waals surface area contributed by atoms with E-state index in [9.17, 15) is 4.79 Å². The third-order valence-corrected chi connectivity index (χ3v) is 3.93. The van der Waals surface area contributed by atoms with E-state index in [0.29, 0.717) is 23.6 Å². The maximum Gasteiger partial charge on any atom is 0.315 e. The van der Waals surface area contributed by atoms with Crippen molar-refractivity contribution in [2.24, 2.45) is 0 Å². The van der Waals surface area contributed by atoms with Gasteiger partial charge in [-0.05, 0) is 25.5 Å². The van der Waals surface area contributed by atoms with Gasteiger partial charge in [0.05, 0.1) is 11.9 Å². The lowest BCUT2D eigenvalue weighted by atomic mass is 10.2. The van der Waals surface area contributed by atoms with Crippen molar-refractivity contribution in [2.75, 3.05) is 12.4 Å². The molecule has 0 aromatic carbocycles. The van der Waals surface area contributed by atoms with Gasteiger partial charge in [0.25, 0.3) is 0 Å². The molecule has 0 saturated carbocycles. The molecule has 0 aliphatic carbocycles. The summed E-state index contributed by atoms with van der Waals surface area (Å²) in [6.07, 6.45) is 3.62. The summed E-state index contributed by atoms with van der Waals surface area (Å²) >= 11 is 1.86. The second-order valence-corrected chi connectivity index (χ2v) is 5.19. The Hall–Kier alpha value is -1.04. The zero-order valence-corrected chi connectivity index (χ0v) is 10.7. The van der Waals surface area contributed by atoms with Crippen molar-refractivity contribution in [2.45, 2.75) is 37.9 Å². The number of aromatic nitrogens is 2. The topological polar surface area (TPSA) is 65.2 Å². The predicted octanol–water partition coefficient (Wildman–Crippen LogP) is 2.13. The highest BCUT2D eigenvalue weighted by atomic mass is 32.2. The van der Waals surface area contributed by atoms with Crippen LogP contribution in [-0.4, -0.2) is 28.5 Å². The summed E-state index contributed by atoms with van der Waals surface area (Å²) in [5.74, 6) is 1.89. The molecule has 1 aromatic rings. The normalized spacial score (nSPS) is 20.2. The van der Waals surface area contributed by atoms with Crippen molar-refractivity contribution in [3.8, 4) is 0 Å². The van der Waals surface area contributed by atoms with Gasteiger partial charge in [-0.3, -0.25) is 4.79 Å². The van der Waals surface area contributed by atoms with Gasteiger partial charge in [-0.15, -0.1) is 0 Å². The highest BCUT2D eigenvalue weighted by Gasteiger charge is 2.22. The molecule has 1 aliphatic rings. The van der Waals surface area contributed by atoms with Crippen LogP contribution in [0.15, 0.2) is 4.52 Å². The molecule has 0 spiro atoms. The van der Waals surface area contributed by atoms with Crippen molar-refractivity contribution >= 4 is 17.7 Å². The molecule has 6 heteroatoms. The van der Waals surface area contributed by atoms with Crippen LogP contribution in [0.1, 0.15) is 43.2 Å². The fourth-order valence-electron chi connectivity index (χ4n) is 1.75. The van der Waals surface area contributed by atoms with E-state index in [0.717, 1.165) is 12.2 Å². The minimum Gasteiger partial charge on any atom is -0.466 e. The number of rotatable bonds is 4. The lowest BCUT2D eigenvalue weighted by Gasteiger charge is -2.17. The molecule has 94 valence electrons. The second-order valence-electron chi connectivity index (χ2n) is 3.88. The molecule has 0 bridgehead atoms. The Labute approximate surface area is 104 Å². The van der Waals surface area contributed by atoms with Gasteiger partial charge < -0.3 is 9.26 Å². The lowest BCUT2D eigenvalue weighted by molar-refractivity contribution is -0.142. The molecule has 0 amide bonds. The standard InChI is InChI=1S/C11H16N2O3S/c1-2-15-10(14)7-9-12-11(13-16-9)8-5-3-4-6-17-8/h8H,2-7H2,1H3. The van der Waals surface area contributed by atoms with E-state index in [-0.39, 0.29) is 12.4 Å². The molecular formula is C11H16N2O3S. The molecular weight excluding hydrogens is 240 g/mol. The molecule has 1 atom stereocenters. The number of hydrogen-bond acceptors (Lipinski definition) is 6. The number of hydrogen-bond donors (Lipinski definition) is 0. The SMILES string of the molecule is CCOC(=O)Cc1nc(C2CCCCS2)no1. The molecule has 17 heavy (non-hydrogen) atoms. The molecule has 2 heterocycles. The number of esters is 1. The van der Waals surface area contributed by atoms with E-state index in [1.54, 1.807) is 6.92 Å². The van der Waals surface area contributed by atoms with Crippen LogP contribution in [-0.2, 0) is 16.0 Å². The van der Waals surface area contributed by atoms with Crippen LogP contribution < -0.4 is 0 Å². The molecule has 5 nitrogen and oxygen atoms in total. The molecule has 1 aromatic heterocycles. The van der Waals surface area contributed by atoms with E-state index in [4.69, 9.17) is 9.26 Å². The largest absolute Gasteiger partial charge is 0.466 e. The van der Waals surface area contributed by atoms with Gasteiger partial charge in [0.2, 0.25) is 5.89 Å². The van der Waals surface area contributed by atoms with E-state index in [2.05, 4.69) is 10.1 Å². The van der Waals surface area contributed by atoms with Crippen LogP contribution in [0.5, 0.6) is 0 Å². The average molecular weight is 256 g/mol. The summed E-state index contributed by atoms with van der Waals surface area (Å²) in [7, 11) is 0. The quantitative estimate of drug-likeness (QED) is 0.769. The van der Waals surface area contributed by atoms with Gasteiger partial charge in [0, 0.05) is 0 Å². The van der Waals surface area contributed by atoms with E-state index in [1.807, 2.05) is 11.8 Å². The van der Waals surface area contributed by atoms with Crippen LogP contribution in [0.25, 0.3) is 0 Å². The van der Waals surface area contributed by atoms with Crippen molar-refractivity contribution < 1.29 is 14.1 Å². The highest BCUT2D eigenvalue weighted by molar-refractivity contribution is 7.99. The van der Waals surface area contributed by atoms with Gasteiger partial charge in [0.15, 0.2) is 5.82 Å². The van der Waals surface area contributed by atoms with E-state index < -0.39 is 0 Å². The summed E-state index contributed by atoms with van der Waals surface area (Å²) in [4.78, 5) is 15.5. The number of carbonyl (C=O) groups excluding carboxylic acids is 1. The molecule has 1 fully saturated rings. The van der Waals surface area contributed by atoms with Gasteiger partial charge >= 0.3 is 5.97 Å². The van der Waals surface area contributed by atoms with Crippen molar-refractivity contribution in [1.82, 2.24) is 10.1 Å². The summed E-state index contributed by atoms with van der Waals surface area (Å²) in [5.41, 5.74) is 0. The van der Waals surface area contributed by atoms with Gasteiger partial charge in [-0.2, -0.15) is 16.7 Å². The first-order chi connectivity index (χ1) is 8.29. The van der Waals surface area contributed by atoms with Gasteiger partial charge in [0.1, 0.15) is 6.42 Å². The molecule has 1 aliphatic heterocycles. The first-order valence-corrected chi connectivity index (χ1v) is 6.94. The second kappa shape index (κ2) is 6.05. The Balaban J connectivity index is 1.93. The third-order valence-electron chi connectivity index (χ3n) is 2.55. The van der Waals surface area contributed by atoms with Crippen LogP contribution in [0.4, 0.5) is 0 Å². The maximum absolute atomic E-state index is 11.2. The number of ether oxygens (including phenoxy) is 1. The summed E-state index contributed by atoms with van der Waals surface area (Å²) in [6, 6.07) is 0. The minimum atomic E-state index is -0.320. The monoisotopic (exact) mass is 256 g/mol. The fourth-order valence-corrected chi connectivity index (χ4v) is 2.98. The first kappa shape index (κ1) is 12.4. The zero-order chi connectivity index (χ0) is 12.1. The molecule has 0 N–H and O–H groups in total. The summed E-state index contributed by atoms with van der Waals surface area (Å²) < 4.78 is 9.89. The van der Waals surface area contributed by atoms with Crippen molar-refractivity contribution in [1.29, 1.82) is 0 Å². The minimum absolute atomic E-state index is 0.0677. The molecule has 2 rings (SSSR count). The smallest absolute Gasteiger partial charge is 0.315 e. The van der Waals surface area contributed by atoms with Crippen LogP contribution in [0.3, 0.4) is 0 Å². The van der Waals surface area contributed by atoms with Crippen LogP contribution >= 0.6 is 11.8 Å². The Bertz CT molecular complexity index is 375. The molecule has 1 unspecified atom stereocenters. The molecule has 0 radical (unpaired) electrons. The Kier molecular flexibility index (Phi) is 4.42. The van der Waals surface area contributed by atoms with Crippen molar-refractivity contribution in [3.63, 3.8) is 0 Å². The third kappa shape index (κ3) is 3.46. The van der Waals surface area contributed by atoms with Crippen LogP contribution in [0, 0.1) is 0 Å². The summed E-state index contributed by atoms with van der Waals surface area (Å²) in [6.45, 7) is 2.15.